The van der Waals surface area contributed by atoms with Crippen LogP contribution in [0.4, 0.5) is 8.78 Å². The lowest BCUT2D eigenvalue weighted by molar-refractivity contribution is -0.145. The molecule has 0 bridgehead atoms. The largest absolute Gasteiger partial charge is 0.384 e. The van der Waals surface area contributed by atoms with Crippen molar-refractivity contribution in [3.8, 4) is 11.3 Å². The fourth-order valence-electron chi connectivity index (χ4n) is 6.84. The SMILES string of the molecule is C[C@H](O)C(=O)N(CC1CC(=O)N(COCc2ccccc2)C1)C(c1nc(-c2cc(F)ccc2F)cn1Cc1ccccc1)C1CCOCC1. The van der Waals surface area contributed by atoms with Crippen molar-refractivity contribution in [1.82, 2.24) is 19.4 Å². The van der Waals surface area contributed by atoms with Crippen molar-refractivity contribution in [2.24, 2.45) is 11.8 Å². The van der Waals surface area contributed by atoms with Crippen LogP contribution in [-0.4, -0.2) is 75.4 Å². The zero-order chi connectivity index (χ0) is 34.3. The van der Waals surface area contributed by atoms with E-state index in [0.717, 1.165) is 29.3 Å². The zero-order valence-electron chi connectivity index (χ0n) is 27.6. The van der Waals surface area contributed by atoms with Crippen molar-refractivity contribution in [2.75, 3.05) is 33.0 Å². The number of aliphatic hydroxyl groups excluding tert-OH is 1. The Labute approximate surface area is 285 Å². The van der Waals surface area contributed by atoms with E-state index in [1.54, 1.807) is 16.0 Å². The van der Waals surface area contributed by atoms with Gasteiger partial charge in [0.15, 0.2) is 0 Å². The molecule has 3 aromatic carbocycles. The van der Waals surface area contributed by atoms with Crippen LogP contribution in [-0.2, 0) is 32.2 Å². The van der Waals surface area contributed by atoms with Gasteiger partial charge in [-0.2, -0.15) is 0 Å². The quantitative estimate of drug-likeness (QED) is 0.199. The number of hydrogen-bond donors (Lipinski definition) is 1. The Morgan fingerprint density at radius 1 is 1.04 bits per heavy atom. The summed E-state index contributed by atoms with van der Waals surface area (Å²) >= 11 is 0. The highest BCUT2D eigenvalue weighted by Gasteiger charge is 2.41. The molecule has 0 saturated carbocycles. The molecule has 3 atom stereocenters. The summed E-state index contributed by atoms with van der Waals surface area (Å²) in [5, 5.41) is 10.7. The lowest BCUT2D eigenvalue weighted by atomic mass is 9.88. The van der Waals surface area contributed by atoms with Crippen molar-refractivity contribution in [1.29, 1.82) is 0 Å². The molecule has 0 spiro atoms. The number of benzene rings is 3. The Kier molecular flexibility index (Phi) is 11.1. The molecule has 2 fully saturated rings. The zero-order valence-corrected chi connectivity index (χ0v) is 27.6. The summed E-state index contributed by atoms with van der Waals surface area (Å²) < 4.78 is 42.9. The van der Waals surface area contributed by atoms with Crippen LogP contribution in [0.2, 0.25) is 0 Å². The maximum atomic E-state index is 15.1. The Morgan fingerprint density at radius 2 is 1.73 bits per heavy atom. The average molecular weight is 673 g/mol. The van der Waals surface area contributed by atoms with Gasteiger partial charge in [0, 0.05) is 56.9 Å². The molecule has 2 aliphatic rings. The highest BCUT2D eigenvalue weighted by molar-refractivity contribution is 5.81. The number of imidazole rings is 1. The van der Waals surface area contributed by atoms with Crippen LogP contribution >= 0.6 is 0 Å². The molecule has 0 radical (unpaired) electrons. The van der Waals surface area contributed by atoms with Crippen molar-refractivity contribution in [3.63, 3.8) is 0 Å². The van der Waals surface area contributed by atoms with Crippen LogP contribution < -0.4 is 0 Å². The van der Waals surface area contributed by atoms with Gasteiger partial charge in [0.1, 0.15) is 30.3 Å². The number of nitrogens with zero attached hydrogens (tertiary/aromatic N) is 4. The van der Waals surface area contributed by atoms with Crippen LogP contribution in [0.1, 0.15) is 49.2 Å². The molecule has 4 aromatic rings. The third-order valence-electron chi connectivity index (χ3n) is 9.27. The predicted molar refractivity (Wildman–Crippen MR) is 179 cm³/mol. The van der Waals surface area contributed by atoms with E-state index < -0.39 is 29.7 Å². The second-order valence-corrected chi connectivity index (χ2v) is 12.9. The second kappa shape index (κ2) is 15.8. The Balaban J connectivity index is 1.34. The van der Waals surface area contributed by atoms with Crippen molar-refractivity contribution >= 4 is 11.8 Å². The maximum absolute atomic E-state index is 15.1. The third-order valence-corrected chi connectivity index (χ3v) is 9.27. The molecule has 2 amide bonds. The van der Waals surface area contributed by atoms with Crippen molar-refractivity contribution in [2.45, 2.75) is 51.5 Å². The molecule has 2 aliphatic heterocycles. The molecule has 0 aliphatic carbocycles. The topological polar surface area (TPSA) is 97.1 Å². The predicted octanol–water partition coefficient (Wildman–Crippen LogP) is 5.58. The molecule has 3 heterocycles. The van der Waals surface area contributed by atoms with Crippen LogP contribution in [0.15, 0.2) is 85.1 Å². The first-order chi connectivity index (χ1) is 23.8. The molecule has 11 heteroatoms. The van der Waals surface area contributed by atoms with Gasteiger partial charge in [0.2, 0.25) is 5.91 Å². The molecule has 258 valence electrons. The van der Waals surface area contributed by atoms with E-state index in [9.17, 15) is 19.1 Å². The normalized spacial score (nSPS) is 18.1. The van der Waals surface area contributed by atoms with Crippen LogP contribution in [0.25, 0.3) is 11.3 Å². The van der Waals surface area contributed by atoms with Crippen molar-refractivity contribution < 1.29 is 33.0 Å². The summed E-state index contributed by atoms with van der Waals surface area (Å²) in [6.07, 6.45) is 1.85. The monoisotopic (exact) mass is 672 g/mol. The molecule has 2 unspecified atom stereocenters. The number of carbonyl (C=O) groups is 2. The summed E-state index contributed by atoms with van der Waals surface area (Å²) in [6, 6.07) is 22.0. The van der Waals surface area contributed by atoms with Gasteiger partial charge >= 0.3 is 0 Å². The smallest absolute Gasteiger partial charge is 0.251 e. The molecule has 2 saturated heterocycles. The number of amides is 2. The third kappa shape index (κ3) is 8.41. The molecular weight excluding hydrogens is 630 g/mol. The van der Waals surface area contributed by atoms with Crippen LogP contribution in [0, 0.1) is 23.5 Å². The first kappa shape index (κ1) is 34.4. The van der Waals surface area contributed by atoms with Gasteiger partial charge in [-0.25, -0.2) is 13.8 Å². The number of ether oxygens (including phenoxy) is 2. The van der Waals surface area contributed by atoms with Gasteiger partial charge in [0.05, 0.1) is 18.3 Å². The first-order valence-electron chi connectivity index (χ1n) is 16.8. The van der Waals surface area contributed by atoms with Crippen LogP contribution in [0.3, 0.4) is 0 Å². The van der Waals surface area contributed by atoms with Crippen LogP contribution in [0.5, 0.6) is 0 Å². The van der Waals surface area contributed by atoms with Gasteiger partial charge in [-0.3, -0.25) is 9.59 Å². The summed E-state index contributed by atoms with van der Waals surface area (Å²) in [5.41, 5.74) is 2.21. The van der Waals surface area contributed by atoms with E-state index in [4.69, 9.17) is 14.5 Å². The number of hydrogen-bond acceptors (Lipinski definition) is 6. The first-order valence-corrected chi connectivity index (χ1v) is 16.8. The summed E-state index contributed by atoms with van der Waals surface area (Å²) in [5.74, 6) is -1.61. The molecule has 9 nitrogen and oxygen atoms in total. The molecule has 6 rings (SSSR count). The Bertz CT molecular complexity index is 1710. The highest BCUT2D eigenvalue weighted by atomic mass is 19.1. The standard InChI is InChI=1S/C38H42F2N4O5/c1-26(45)38(47)44(22-29-18-35(46)43(21-29)25-49-24-28-10-6-3-7-11-28)36(30-14-16-48-17-15-30)37-41-34(32-19-31(39)12-13-33(32)40)23-42(37)20-27-8-4-2-5-9-27/h2-13,19,23,26,29-30,36,45H,14-18,20-22,24-25H2,1H3/t26-,29?,36?/m0/s1. The minimum Gasteiger partial charge on any atom is -0.384 e. The van der Waals surface area contributed by atoms with Gasteiger partial charge < -0.3 is 28.9 Å². The summed E-state index contributed by atoms with van der Waals surface area (Å²) in [6.45, 7) is 3.83. The lowest BCUT2D eigenvalue weighted by Gasteiger charge is -2.40. The molecule has 49 heavy (non-hydrogen) atoms. The van der Waals surface area contributed by atoms with E-state index in [2.05, 4.69) is 0 Å². The summed E-state index contributed by atoms with van der Waals surface area (Å²) in [4.78, 5) is 35.4. The van der Waals surface area contributed by atoms with E-state index in [-0.39, 0.29) is 48.7 Å². The number of likely N-dealkylation sites (tertiary alicyclic amines) is 1. The van der Waals surface area contributed by atoms with Crippen molar-refractivity contribution in [3.05, 3.63) is 114 Å². The van der Waals surface area contributed by atoms with E-state index in [0.29, 0.717) is 51.6 Å². The van der Waals surface area contributed by atoms with E-state index in [1.165, 1.54) is 6.92 Å². The van der Waals surface area contributed by atoms with Gasteiger partial charge in [0.25, 0.3) is 5.91 Å². The average Bonchev–Trinajstić information content (AvgIpc) is 3.68. The number of rotatable bonds is 13. The number of halogens is 2. The maximum Gasteiger partial charge on any atom is 0.251 e. The van der Waals surface area contributed by atoms with Gasteiger partial charge in [-0.1, -0.05) is 60.7 Å². The van der Waals surface area contributed by atoms with E-state index >= 15 is 4.39 Å². The van der Waals surface area contributed by atoms with E-state index in [1.807, 2.05) is 65.2 Å². The van der Waals surface area contributed by atoms with Gasteiger partial charge in [-0.15, -0.1) is 0 Å². The second-order valence-electron chi connectivity index (χ2n) is 12.9. The number of aromatic nitrogens is 2. The number of carbonyl (C=O) groups excluding carboxylic acids is 2. The fraction of sp³-hybridized carbons (Fsp3) is 0.395. The highest BCUT2D eigenvalue weighted by Crippen LogP contribution is 2.38. The molecule has 1 aromatic heterocycles. The molecule has 1 N–H and O–H groups in total. The summed E-state index contributed by atoms with van der Waals surface area (Å²) in [7, 11) is 0. The Morgan fingerprint density at radius 3 is 2.43 bits per heavy atom. The lowest BCUT2D eigenvalue weighted by Crippen LogP contribution is -2.47. The Hall–Kier alpha value is -4.45. The number of aliphatic hydroxyl groups is 1. The minimum absolute atomic E-state index is 0.0136. The fourth-order valence-corrected chi connectivity index (χ4v) is 6.84. The van der Waals surface area contributed by atoms with Gasteiger partial charge in [-0.05, 0) is 55.0 Å². The molecular formula is C38H42F2N4O5. The minimum atomic E-state index is -1.32.